The number of halogens is 1. The van der Waals surface area contributed by atoms with E-state index in [4.69, 9.17) is 9.84 Å². The summed E-state index contributed by atoms with van der Waals surface area (Å²) in [6.45, 7) is 3.62. The van der Waals surface area contributed by atoms with Crippen LogP contribution in [-0.2, 0) is 4.74 Å². The first-order chi connectivity index (χ1) is 7.70. The van der Waals surface area contributed by atoms with Crippen LogP contribution in [0.1, 0.15) is 6.92 Å². The lowest BCUT2D eigenvalue weighted by molar-refractivity contribution is -0.0421. The molecular formula is C11H15BrN2O2. The van der Waals surface area contributed by atoms with Gasteiger partial charge in [-0.1, -0.05) is 0 Å². The van der Waals surface area contributed by atoms with Crippen LogP contribution in [0.15, 0.2) is 22.9 Å². The molecule has 1 fully saturated rings. The Kier molecular flexibility index (Phi) is 3.78. The number of ether oxygens (including phenoxy) is 1. The SMILES string of the molecule is CC1CN(c2ccncc2Br)CC(CO)O1. The Labute approximate surface area is 103 Å². The maximum atomic E-state index is 9.17. The number of hydrogen-bond acceptors (Lipinski definition) is 4. The molecule has 0 bridgehead atoms. The molecule has 1 aromatic rings. The number of nitrogens with zero attached hydrogens (tertiary/aromatic N) is 2. The third-order valence-corrected chi connectivity index (χ3v) is 3.23. The van der Waals surface area contributed by atoms with Gasteiger partial charge in [-0.3, -0.25) is 4.98 Å². The molecule has 0 aromatic carbocycles. The van der Waals surface area contributed by atoms with E-state index < -0.39 is 0 Å². The van der Waals surface area contributed by atoms with Crippen molar-refractivity contribution in [2.24, 2.45) is 0 Å². The van der Waals surface area contributed by atoms with E-state index >= 15 is 0 Å². The highest BCUT2D eigenvalue weighted by atomic mass is 79.9. The smallest absolute Gasteiger partial charge is 0.0984 e. The summed E-state index contributed by atoms with van der Waals surface area (Å²) in [5.74, 6) is 0. The highest BCUT2D eigenvalue weighted by molar-refractivity contribution is 9.10. The van der Waals surface area contributed by atoms with Crippen LogP contribution >= 0.6 is 15.9 Å². The van der Waals surface area contributed by atoms with Crippen molar-refractivity contribution < 1.29 is 9.84 Å². The lowest BCUT2D eigenvalue weighted by Crippen LogP contribution is -2.48. The maximum Gasteiger partial charge on any atom is 0.0984 e. The molecule has 16 heavy (non-hydrogen) atoms. The van der Waals surface area contributed by atoms with Crippen molar-refractivity contribution >= 4 is 21.6 Å². The molecule has 2 heterocycles. The zero-order valence-corrected chi connectivity index (χ0v) is 10.7. The van der Waals surface area contributed by atoms with Crippen LogP contribution in [0, 0.1) is 0 Å². The fraction of sp³-hybridized carbons (Fsp3) is 0.545. The highest BCUT2D eigenvalue weighted by Gasteiger charge is 2.25. The molecule has 1 aliphatic heterocycles. The summed E-state index contributed by atoms with van der Waals surface area (Å²) in [6, 6.07) is 1.97. The van der Waals surface area contributed by atoms with Crippen molar-refractivity contribution in [3.8, 4) is 0 Å². The maximum absolute atomic E-state index is 9.17. The van der Waals surface area contributed by atoms with Gasteiger partial charge in [0.1, 0.15) is 0 Å². The molecule has 1 N–H and O–H groups in total. The van der Waals surface area contributed by atoms with Crippen molar-refractivity contribution in [2.75, 3.05) is 24.6 Å². The third kappa shape index (κ3) is 2.53. The summed E-state index contributed by atoms with van der Waals surface area (Å²) >= 11 is 3.49. The molecule has 2 unspecified atom stereocenters. The second kappa shape index (κ2) is 5.12. The summed E-state index contributed by atoms with van der Waals surface area (Å²) < 4.78 is 6.58. The summed E-state index contributed by atoms with van der Waals surface area (Å²) in [6.07, 6.45) is 3.58. The number of hydrogen-bond donors (Lipinski definition) is 1. The normalized spacial score (nSPS) is 25.8. The number of rotatable bonds is 2. The topological polar surface area (TPSA) is 45.6 Å². The molecule has 0 saturated carbocycles. The molecule has 0 amide bonds. The average Bonchev–Trinajstić information content (AvgIpc) is 2.28. The molecule has 0 radical (unpaired) electrons. The standard InChI is InChI=1S/C11H15BrN2O2/c1-8-5-14(6-9(7-15)16-8)11-2-3-13-4-10(11)12/h2-4,8-9,15H,5-7H2,1H3. The van der Waals surface area contributed by atoms with Gasteiger partial charge in [0.05, 0.1) is 29.0 Å². The largest absolute Gasteiger partial charge is 0.394 e. The summed E-state index contributed by atoms with van der Waals surface area (Å²) in [4.78, 5) is 6.25. The molecule has 5 heteroatoms. The van der Waals surface area contributed by atoms with Crippen LogP contribution < -0.4 is 4.90 Å². The second-order valence-electron chi connectivity index (χ2n) is 3.98. The third-order valence-electron chi connectivity index (χ3n) is 2.62. The van der Waals surface area contributed by atoms with Crippen LogP contribution in [0.4, 0.5) is 5.69 Å². The number of pyridine rings is 1. The molecule has 1 aromatic heterocycles. The van der Waals surface area contributed by atoms with Crippen molar-refractivity contribution in [3.05, 3.63) is 22.9 Å². The first-order valence-corrected chi connectivity index (χ1v) is 6.10. The van der Waals surface area contributed by atoms with Gasteiger partial charge < -0.3 is 14.7 Å². The number of aromatic nitrogens is 1. The Morgan fingerprint density at radius 1 is 1.62 bits per heavy atom. The van der Waals surface area contributed by atoms with Crippen LogP contribution in [0.25, 0.3) is 0 Å². The van der Waals surface area contributed by atoms with Crippen molar-refractivity contribution in [3.63, 3.8) is 0 Å². The van der Waals surface area contributed by atoms with E-state index in [9.17, 15) is 0 Å². The Morgan fingerprint density at radius 2 is 2.44 bits per heavy atom. The lowest BCUT2D eigenvalue weighted by Gasteiger charge is -2.37. The Morgan fingerprint density at radius 3 is 3.12 bits per heavy atom. The Hall–Kier alpha value is -0.650. The van der Waals surface area contributed by atoms with E-state index in [1.54, 1.807) is 12.4 Å². The minimum Gasteiger partial charge on any atom is -0.394 e. The molecular weight excluding hydrogens is 272 g/mol. The predicted molar refractivity (Wildman–Crippen MR) is 65.6 cm³/mol. The monoisotopic (exact) mass is 286 g/mol. The van der Waals surface area contributed by atoms with E-state index in [0.717, 1.165) is 16.7 Å². The zero-order valence-electron chi connectivity index (χ0n) is 9.14. The van der Waals surface area contributed by atoms with E-state index in [1.165, 1.54) is 0 Å². The van der Waals surface area contributed by atoms with Gasteiger partial charge >= 0.3 is 0 Å². The van der Waals surface area contributed by atoms with Crippen molar-refractivity contribution in [2.45, 2.75) is 19.1 Å². The number of morpholine rings is 1. The van der Waals surface area contributed by atoms with Crippen LogP contribution in [0.2, 0.25) is 0 Å². The van der Waals surface area contributed by atoms with Crippen molar-refractivity contribution in [1.29, 1.82) is 0 Å². The van der Waals surface area contributed by atoms with E-state index in [2.05, 4.69) is 25.8 Å². The lowest BCUT2D eigenvalue weighted by atomic mass is 10.2. The number of anilines is 1. The van der Waals surface area contributed by atoms with Crippen LogP contribution in [0.3, 0.4) is 0 Å². The fourth-order valence-electron chi connectivity index (χ4n) is 1.97. The first-order valence-electron chi connectivity index (χ1n) is 5.31. The van der Waals surface area contributed by atoms with E-state index in [1.807, 2.05) is 13.0 Å². The van der Waals surface area contributed by atoms with Crippen molar-refractivity contribution in [1.82, 2.24) is 4.98 Å². The molecule has 1 aliphatic rings. The Balaban J connectivity index is 2.17. The first kappa shape index (κ1) is 11.8. The van der Waals surface area contributed by atoms with E-state index in [0.29, 0.717) is 6.54 Å². The summed E-state index contributed by atoms with van der Waals surface area (Å²) in [5.41, 5.74) is 1.10. The van der Waals surface area contributed by atoms with Gasteiger partial charge in [0.15, 0.2) is 0 Å². The Bertz CT molecular complexity index is 362. The number of aliphatic hydroxyl groups is 1. The van der Waals surface area contributed by atoms with Crippen LogP contribution in [-0.4, -0.2) is 42.0 Å². The summed E-state index contributed by atoms with van der Waals surface area (Å²) in [7, 11) is 0. The zero-order chi connectivity index (χ0) is 11.5. The minimum absolute atomic E-state index is 0.0591. The van der Waals surface area contributed by atoms with E-state index in [-0.39, 0.29) is 18.8 Å². The molecule has 88 valence electrons. The van der Waals surface area contributed by atoms with Gasteiger partial charge in [-0.25, -0.2) is 0 Å². The van der Waals surface area contributed by atoms with Gasteiger partial charge in [-0.15, -0.1) is 0 Å². The van der Waals surface area contributed by atoms with Gasteiger partial charge in [0, 0.05) is 25.5 Å². The quantitative estimate of drug-likeness (QED) is 0.894. The molecule has 4 nitrogen and oxygen atoms in total. The van der Waals surface area contributed by atoms with Crippen LogP contribution in [0.5, 0.6) is 0 Å². The van der Waals surface area contributed by atoms with Gasteiger partial charge in [0.2, 0.25) is 0 Å². The highest BCUT2D eigenvalue weighted by Crippen LogP contribution is 2.27. The molecule has 0 aliphatic carbocycles. The molecule has 2 rings (SSSR count). The van der Waals surface area contributed by atoms with Gasteiger partial charge in [-0.05, 0) is 28.9 Å². The van der Waals surface area contributed by atoms with Gasteiger partial charge in [0.25, 0.3) is 0 Å². The predicted octanol–water partition coefficient (Wildman–Crippen LogP) is 1.43. The second-order valence-corrected chi connectivity index (χ2v) is 4.84. The summed E-state index contributed by atoms with van der Waals surface area (Å²) in [5, 5.41) is 9.17. The number of aliphatic hydroxyl groups excluding tert-OH is 1. The molecule has 0 spiro atoms. The average molecular weight is 287 g/mol. The fourth-order valence-corrected chi connectivity index (χ4v) is 2.47. The molecule has 1 saturated heterocycles. The van der Waals surface area contributed by atoms with Gasteiger partial charge in [-0.2, -0.15) is 0 Å². The minimum atomic E-state index is -0.108. The molecule has 2 atom stereocenters.